The number of benzene rings is 1. The standard InChI is InChI=1S/C23H35N3O/c27-22(25-20-12-13-20)21(19-10-4-1-5-11-19)24-18-23(14-6-2-7-15-23)26-16-8-3-9-17-26/h1,4-5,10-11,20-21,24H,2-3,6-9,12-18H2,(H,25,27)/t21-/m0/s1. The highest BCUT2D eigenvalue weighted by Crippen LogP contribution is 2.35. The van der Waals surface area contributed by atoms with Crippen LogP contribution in [-0.4, -0.2) is 42.0 Å². The third-order valence-corrected chi connectivity index (χ3v) is 6.77. The van der Waals surface area contributed by atoms with Crippen molar-refractivity contribution in [2.45, 2.75) is 81.8 Å². The van der Waals surface area contributed by atoms with E-state index in [1.54, 1.807) is 0 Å². The Bertz CT molecular complexity index is 601. The number of carbonyl (C=O) groups excluding carboxylic acids is 1. The quantitative estimate of drug-likeness (QED) is 0.769. The number of carbonyl (C=O) groups is 1. The van der Waals surface area contributed by atoms with Gasteiger partial charge in [0.05, 0.1) is 0 Å². The monoisotopic (exact) mass is 369 g/mol. The number of nitrogens with one attached hydrogen (secondary N) is 2. The molecule has 1 aromatic carbocycles. The van der Waals surface area contributed by atoms with Crippen molar-refractivity contribution < 1.29 is 4.79 Å². The fraction of sp³-hybridized carbons (Fsp3) is 0.696. The molecular formula is C23H35N3O. The van der Waals surface area contributed by atoms with E-state index in [1.807, 2.05) is 18.2 Å². The molecule has 4 nitrogen and oxygen atoms in total. The molecule has 1 saturated heterocycles. The Morgan fingerprint density at radius 1 is 1.00 bits per heavy atom. The predicted molar refractivity (Wildman–Crippen MR) is 110 cm³/mol. The van der Waals surface area contributed by atoms with Crippen molar-refractivity contribution in [1.82, 2.24) is 15.5 Å². The third-order valence-electron chi connectivity index (χ3n) is 6.77. The Morgan fingerprint density at radius 2 is 1.67 bits per heavy atom. The average Bonchev–Trinajstić information content (AvgIpc) is 3.54. The van der Waals surface area contributed by atoms with Crippen LogP contribution in [-0.2, 0) is 4.79 Å². The molecule has 4 heteroatoms. The second-order valence-electron chi connectivity index (χ2n) is 8.84. The van der Waals surface area contributed by atoms with Crippen LogP contribution in [0.4, 0.5) is 0 Å². The summed E-state index contributed by atoms with van der Waals surface area (Å²) in [6, 6.07) is 10.4. The molecular weight excluding hydrogens is 334 g/mol. The van der Waals surface area contributed by atoms with E-state index in [-0.39, 0.29) is 17.5 Å². The number of piperidine rings is 1. The normalized spacial score (nSPS) is 24.3. The predicted octanol–water partition coefficient (Wildman–Crippen LogP) is 3.78. The summed E-state index contributed by atoms with van der Waals surface area (Å²) in [5, 5.41) is 6.94. The minimum absolute atomic E-state index is 0.147. The molecule has 0 spiro atoms. The van der Waals surface area contributed by atoms with Crippen molar-refractivity contribution in [3.05, 3.63) is 35.9 Å². The van der Waals surface area contributed by atoms with Gasteiger partial charge in [-0.1, -0.05) is 56.0 Å². The minimum atomic E-state index is -0.240. The molecule has 3 aliphatic rings. The summed E-state index contributed by atoms with van der Waals surface area (Å²) in [7, 11) is 0. The molecule has 2 aliphatic carbocycles. The Morgan fingerprint density at radius 3 is 2.33 bits per heavy atom. The largest absolute Gasteiger partial charge is 0.352 e. The molecule has 4 rings (SSSR count). The Balaban J connectivity index is 1.49. The smallest absolute Gasteiger partial charge is 0.241 e. The van der Waals surface area contributed by atoms with Gasteiger partial charge in [-0.2, -0.15) is 0 Å². The van der Waals surface area contributed by atoms with Crippen molar-refractivity contribution in [3.63, 3.8) is 0 Å². The van der Waals surface area contributed by atoms with Crippen LogP contribution in [0.25, 0.3) is 0 Å². The van der Waals surface area contributed by atoms with Crippen molar-refractivity contribution in [3.8, 4) is 0 Å². The van der Waals surface area contributed by atoms with Gasteiger partial charge in [-0.25, -0.2) is 0 Å². The van der Waals surface area contributed by atoms with Crippen LogP contribution in [0.1, 0.15) is 75.8 Å². The highest BCUT2D eigenvalue weighted by molar-refractivity contribution is 5.83. The van der Waals surface area contributed by atoms with Crippen LogP contribution in [0.15, 0.2) is 30.3 Å². The van der Waals surface area contributed by atoms with Gasteiger partial charge in [-0.05, 0) is 57.2 Å². The van der Waals surface area contributed by atoms with Gasteiger partial charge in [-0.15, -0.1) is 0 Å². The number of nitrogens with zero attached hydrogens (tertiary/aromatic N) is 1. The first-order valence-corrected chi connectivity index (χ1v) is 11.1. The van der Waals surface area contributed by atoms with Gasteiger partial charge >= 0.3 is 0 Å². The molecule has 148 valence electrons. The number of amides is 1. The molecule has 3 fully saturated rings. The molecule has 1 atom stereocenters. The lowest BCUT2D eigenvalue weighted by Gasteiger charge is -2.49. The maximum absolute atomic E-state index is 13.0. The van der Waals surface area contributed by atoms with E-state index < -0.39 is 0 Å². The van der Waals surface area contributed by atoms with Gasteiger partial charge in [0.1, 0.15) is 6.04 Å². The average molecular weight is 370 g/mol. The fourth-order valence-corrected chi connectivity index (χ4v) is 4.99. The van der Waals surface area contributed by atoms with Crippen molar-refractivity contribution in [2.75, 3.05) is 19.6 Å². The second kappa shape index (κ2) is 8.74. The Labute approximate surface area is 164 Å². The van der Waals surface area contributed by atoms with E-state index in [2.05, 4.69) is 27.7 Å². The van der Waals surface area contributed by atoms with E-state index in [1.165, 1.54) is 64.5 Å². The van der Waals surface area contributed by atoms with Gasteiger partial charge < -0.3 is 10.6 Å². The van der Waals surface area contributed by atoms with Gasteiger partial charge in [0.25, 0.3) is 0 Å². The van der Waals surface area contributed by atoms with Gasteiger partial charge in [0.15, 0.2) is 0 Å². The van der Waals surface area contributed by atoms with Gasteiger partial charge in [0, 0.05) is 18.1 Å². The molecule has 1 aliphatic heterocycles. The first-order valence-electron chi connectivity index (χ1n) is 11.1. The lowest BCUT2D eigenvalue weighted by molar-refractivity contribution is -0.123. The van der Waals surface area contributed by atoms with Crippen LogP contribution < -0.4 is 10.6 Å². The van der Waals surface area contributed by atoms with Crippen LogP contribution in [0.2, 0.25) is 0 Å². The van der Waals surface area contributed by atoms with E-state index in [4.69, 9.17) is 0 Å². The lowest BCUT2D eigenvalue weighted by atomic mass is 9.79. The minimum Gasteiger partial charge on any atom is -0.352 e. The number of likely N-dealkylation sites (tertiary alicyclic amines) is 1. The zero-order chi connectivity index (χ0) is 18.5. The summed E-state index contributed by atoms with van der Waals surface area (Å²) in [5.74, 6) is 0.147. The van der Waals surface area contributed by atoms with Gasteiger partial charge in [0.2, 0.25) is 5.91 Å². The Hall–Kier alpha value is -1.39. The highest BCUT2D eigenvalue weighted by Gasteiger charge is 2.39. The van der Waals surface area contributed by atoms with Crippen LogP contribution in [0.3, 0.4) is 0 Å². The van der Waals surface area contributed by atoms with E-state index in [0.29, 0.717) is 6.04 Å². The van der Waals surface area contributed by atoms with Crippen molar-refractivity contribution >= 4 is 5.91 Å². The molecule has 2 saturated carbocycles. The van der Waals surface area contributed by atoms with Crippen LogP contribution >= 0.6 is 0 Å². The number of rotatable bonds is 7. The summed E-state index contributed by atoms with van der Waals surface area (Å²) in [4.78, 5) is 15.7. The SMILES string of the molecule is O=C(NC1CC1)[C@@H](NCC1(N2CCCCC2)CCCCC1)c1ccccc1. The summed E-state index contributed by atoms with van der Waals surface area (Å²) in [6.45, 7) is 3.38. The summed E-state index contributed by atoms with van der Waals surface area (Å²) >= 11 is 0. The molecule has 1 amide bonds. The van der Waals surface area contributed by atoms with E-state index in [0.717, 1.165) is 24.9 Å². The topological polar surface area (TPSA) is 44.4 Å². The zero-order valence-corrected chi connectivity index (χ0v) is 16.6. The Kier molecular flexibility index (Phi) is 6.14. The van der Waals surface area contributed by atoms with E-state index >= 15 is 0 Å². The first kappa shape index (κ1) is 18.9. The molecule has 1 heterocycles. The molecule has 0 radical (unpaired) electrons. The molecule has 0 bridgehead atoms. The van der Waals surface area contributed by atoms with Crippen LogP contribution in [0.5, 0.6) is 0 Å². The third kappa shape index (κ3) is 4.72. The highest BCUT2D eigenvalue weighted by atomic mass is 16.2. The zero-order valence-electron chi connectivity index (χ0n) is 16.6. The lowest BCUT2D eigenvalue weighted by Crippen LogP contribution is -2.58. The van der Waals surface area contributed by atoms with E-state index in [9.17, 15) is 4.79 Å². The first-order chi connectivity index (χ1) is 13.3. The van der Waals surface area contributed by atoms with Gasteiger partial charge in [-0.3, -0.25) is 9.69 Å². The summed E-state index contributed by atoms with van der Waals surface area (Å²) < 4.78 is 0. The number of hydrogen-bond acceptors (Lipinski definition) is 3. The van der Waals surface area contributed by atoms with Crippen molar-refractivity contribution in [1.29, 1.82) is 0 Å². The number of hydrogen-bond donors (Lipinski definition) is 2. The maximum atomic E-state index is 13.0. The molecule has 0 unspecified atom stereocenters. The fourth-order valence-electron chi connectivity index (χ4n) is 4.99. The second-order valence-corrected chi connectivity index (χ2v) is 8.84. The van der Waals surface area contributed by atoms with Crippen LogP contribution in [0, 0.1) is 0 Å². The maximum Gasteiger partial charge on any atom is 0.241 e. The summed E-state index contributed by atoms with van der Waals surface area (Å²) in [5.41, 5.74) is 1.33. The molecule has 1 aromatic rings. The van der Waals surface area contributed by atoms with Crippen molar-refractivity contribution in [2.24, 2.45) is 0 Å². The molecule has 27 heavy (non-hydrogen) atoms. The molecule has 2 N–H and O–H groups in total. The molecule has 0 aromatic heterocycles. The summed E-state index contributed by atoms with van der Waals surface area (Å²) in [6.07, 6.45) is 12.8.